The van der Waals surface area contributed by atoms with Crippen molar-refractivity contribution in [2.24, 2.45) is 0 Å². The lowest BCUT2D eigenvalue weighted by atomic mass is 10.1. The number of nitrogens with zero attached hydrogens (tertiary/aromatic N) is 1. The second-order valence-corrected chi connectivity index (χ2v) is 6.50. The molecule has 0 amide bonds. The van der Waals surface area contributed by atoms with Gasteiger partial charge in [0.05, 0.1) is 0 Å². The van der Waals surface area contributed by atoms with Gasteiger partial charge in [0.2, 0.25) is 0 Å². The van der Waals surface area contributed by atoms with Gasteiger partial charge in [-0.15, -0.1) is 0 Å². The molecular weight excluding hydrogens is 264 g/mol. The first-order chi connectivity index (χ1) is 9.71. The Kier molecular flexibility index (Phi) is 8.79. The maximum atomic E-state index is 3.61. The second-order valence-electron chi connectivity index (χ2n) is 5.11. The molecule has 1 atom stereocenters. The van der Waals surface area contributed by atoms with E-state index in [0.29, 0.717) is 6.04 Å². The molecule has 0 saturated heterocycles. The van der Waals surface area contributed by atoms with Gasteiger partial charge in [0.25, 0.3) is 0 Å². The summed E-state index contributed by atoms with van der Waals surface area (Å²) in [5.74, 6) is 2.48. The fraction of sp³-hybridized carbons (Fsp3) is 0.647. The largest absolute Gasteiger partial charge is 0.372 e. The standard InChI is InChI=1S/C17H30N2S/c1-5-19(6-2)17-10-8-16(9-11-17)14-18-15(4)12-13-20-7-3/h8-11,15,18H,5-7,12-14H2,1-4H3. The summed E-state index contributed by atoms with van der Waals surface area (Å²) in [6.45, 7) is 12.0. The molecule has 1 aromatic rings. The third-order valence-electron chi connectivity index (χ3n) is 3.62. The molecule has 0 radical (unpaired) electrons. The van der Waals surface area contributed by atoms with Crippen LogP contribution in [0.1, 0.15) is 39.7 Å². The monoisotopic (exact) mass is 294 g/mol. The van der Waals surface area contributed by atoms with Crippen LogP contribution in [0.5, 0.6) is 0 Å². The highest BCUT2D eigenvalue weighted by molar-refractivity contribution is 7.99. The second kappa shape index (κ2) is 10.1. The quantitative estimate of drug-likeness (QED) is 0.653. The van der Waals surface area contributed by atoms with E-state index in [1.54, 1.807) is 0 Å². The van der Waals surface area contributed by atoms with E-state index < -0.39 is 0 Å². The third-order valence-corrected chi connectivity index (χ3v) is 4.55. The Hall–Kier alpha value is -0.670. The van der Waals surface area contributed by atoms with Gasteiger partial charge in [-0.1, -0.05) is 19.1 Å². The highest BCUT2D eigenvalue weighted by Crippen LogP contribution is 2.15. The van der Waals surface area contributed by atoms with Gasteiger partial charge in [-0.2, -0.15) is 11.8 Å². The van der Waals surface area contributed by atoms with Crippen molar-refractivity contribution in [3.8, 4) is 0 Å². The zero-order valence-corrected chi connectivity index (χ0v) is 14.3. The molecule has 1 unspecified atom stereocenters. The molecule has 0 aromatic heterocycles. The summed E-state index contributed by atoms with van der Waals surface area (Å²) in [4.78, 5) is 2.38. The van der Waals surface area contributed by atoms with Gasteiger partial charge in [0.1, 0.15) is 0 Å². The van der Waals surface area contributed by atoms with Gasteiger partial charge in [-0.3, -0.25) is 0 Å². The fourth-order valence-electron chi connectivity index (χ4n) is 2.21. The first kappa shape index (κ1) is 17.4. The number of anilines is 1. The molecule has 2 nitrogen and oxygen atoms in total. The average molecular weight is 295 g/mol. The van der Waals surface area contributed by atoms with Gasteiger partial charge < -0.3 is 10.2 Å². The molecule has 0 saturated carbocycles. The van der Waals surface area contributed by atoms with Gasteiger partial charge >= 0.3 is 0 Å². The van der Waals surface area contributed by atoms with Gasteiger partial charge in [0.15, 0.2) is 0 Å². The first-order valence-corrected chi connectivity index (χ1v) is 9.01. The van der Waals surface area contributed by atoms with Crippen molar-refractivity contribution < 1.29 is 0 Å². The van der Waals surface area contributed by atoms with Crippen molar-refractivity contribution >= 4 is 17.4 Å². The van der Waals surface area contributed by atoms with E-state index in [0.717, 1.165) is 19.6 Å². The third kappa shape index (κ3) is 6.19. The number of hydrogen-bond donors (Lipinski definition) is 1. The van der Waals surface area contributed by atoms with Crippen molar-refractivity contribution in [3.63, 3.8) is 0 Å². The van der Waals surface area contributed by atoms with E-state index in [1.807, 2.05) is 11.8 Å². The normalized spacial score (nSPS) is 12.4. The van der Waals surface area contributed by atoms with Gasteiger partial charge in [-0.05, 0) is 56.4 Å². The average Bonchev–Trinajstić information content (AvgIpc) is 2.48. The zero-order chi connectivity index (χ0) is 14.8. The van der Waals surface area contributed by atoms with Crippen LogP contribution in [0.15, 0.2) is 24.3 Å². The molecule has 0 aliphatic carbocycles. The molecule has 0 bridgehead atoms. The number of nitrogens with one attached hydrogen (secondary N) is 1. The fourth-order valence-corrected chi connectivity index (χ4v) is 3.02. The summed E-state index contributed by atoms with van der Waals surface area (Å²) in [5, 5.41) is 3.61. The summed E-state index contributed by atoms with van der Waals surface area (Å²) in [6.07, 6.45) is 1.25. The molecule has 0 spiro atoms. The molecule has 0 aliphatic rings. The van der Waals surface area contributed by atoms with Crippen LogP contribution in [-0.2, 0) is 6.54 Å². The summed E-state index contributed by atoms with van der Waals surface area (Å²) in [5.41, 5.74) is 2.70. The van der Waals surface area contributed by atoms with Crippen molar-refractivity contribution in [2.75, 3.05) is 29.5 Å². The molecule has 1 N–H and O–H groups in total. The lowest BCUT2D eigenvalue weighted by Crippen LogP contribution is -2.26. The molecule has 0 heterocycles. The maximum absolute atomic E-state index is 3.61. The predicted molar refractivity (Wildman–Crippen MR) is 93.9 cm³/mol. The lowest BCUT2D eigenvalue weighted by Gasteiger charge is -2.21. The maximum Gasteiger partial charge on any atom is 0.0366 e. The Morgan fingerprint density at radius 2 is 1.75 bits per heavy atom. The summed E-state index contributed by atoms with van der Waals surface area (Å²) < 4.78 is 0. The molecule has 114 valence electrons. The Morgan fingerprint density at radius 1 is 1.10 bits per heavy atom. The molecule has 20 heavy (non-hydrogen) atoms. The summed E-state index contributed by atoms with van der Waals surface area (Å²) in [6, 6.07) is 9.56. The minimum absolute atomic E-state index is 0.594. The number of rotatable bonds is 10. The highest BCUT2D eigenvalue weighted by Gasteiger charge is 2.03. The van der Waals surface area contributed by atoms with Crippen molar-refractivity contribution in [1.29, 1.82) is 0 Å². The first-order valence-electron chi connectivity index (χ1n) is 7.86. The lowest BCUT2D eigenvalue weighted by molar-refractivity contribution is 0.537. The molecule has 0 aliphatic heterocycles. The molecular formula is C17H30N2S. The minimum atomic E-state index is 0.594. The van der Waals surface area contributed by atoms with Crippen molar-refractivity contribution in [3.05, 3.63) is 29.8 Å². The Bertz CT molecular complexity index is 347. The molecule has 3 heteroatoms. The summed E-state index contributed by atoms with van der Waals surface area (Å²) >= 11 is 2.02. The number of benzene rings is 1. The topological polar surface area (TPSA) is 15.3 Å². The van der Waals surface area contributed by atoms with E-state index in [4.69, 9.17) is 0 Å². The van der Waals surface area contributed by atoms with Crippen LogP contribution in [-0.4, -0.2) is 30.6 Å². The number of thioether (sulfide) groups is 1. The van der Waals surface area contributed by atoms with Crippen LogP contribution in [0.4, 0.5) is 5.69 Å². The Balaban J connectivity index is 2.37. The van der Waals surface area contributed by atoms with Crippen molar-refractivity contribution in [1.82, 2.24) is 5.32 Å². The van der Waals surface area contributed by atoms with Crippen LogP contribution in [0.25, 0.3) is 0 Å². The van der Waals surface area contributed by atoms with Gasteiger partial charge in [0, 0.05) is 31.4 Å². The highest BCUT2D eigenvalue weighted by atomic mass is 32.2. The van der Waals surface area contributed by atoms with Crippen LogP contribution < -0.4 is 10.2 Å². The molecule has 1 rings (SSSR count). The number of hydrogen-bond acceptors (Lipinski definition) is 3. The minimum Gasteiger partial charge on any atom is -0.372 e. The smallest absolute Gasteiger partial charge is 0.0366 e. The molecule has 0 fully saturated rings. The summed E-state index contributed by atoms with van der Waals surface area (Å²) in [7, 11) is 0. The molecule has 1 aromatic carbocycles. The van der Waals surface area contributed by atoms with E-state index in [-0.39, 0.29) is 0 Å². The van der Waals surface area contributed by atoms with E-state index in [9.17, 15) is 0 Å². The van der Waals surface area contributed by atoms with E-state index in [1.165, 1.54) is 29.2 Å². The van der Waals surface area contributed by atoms with E-state index >= 15 is 0 Å². The van der Waals surface area contributed by atoms with Crippen LogP contribution in [0, 0.1) is 0 Å². The van der Waals surface area contributed by atoms with Crippen LogP contribution >= 0.6 is 11.8 Å². The van der Waals surface area contributed by atoms with Crippen LogP contribution in [0.2, 0.25) is 0 Å². The zero-order valence-electron chi connectivity index (χ0n) is 13.5. The van der Waals surface area contributed by atoms with E-state index in [2.05, 4.69) is 62.2 Å². The Labute approximate surface area is 129 Å². The SMILES string of the molecule is CCSCCC(C)NCc1ccc(N(CC)CC)cc1. The Morgan fingerprint density at radius 3 is 2.30 bits per heavy atom. The van der Waals surface area contributed by atoms with Gasteiger partial charge in [-0.25, -0.2) is 0 Å². The van der Waals surface area contributed by atoms with Crippen molar-refractivity contribution in [2.45, 2.75) is 46.7 Å². The van der Waals surface area contributed by atoms with Crippen LogP contribution in [0.3, 0.4) is 0 Å². The predicted octanol–water partition coefficient (Wildman–Crippen LogP) is 4.15.